The molecular weight excluding hydrogens is 280 g/mol. The van der Waals surface area contributed by atoms with Crippen molar-refractivity contribution in [3.05, 3.63) is 23.8 Å². The van der Waals surface area contributed by atoms with E-state index in [4.69, 9.17) is 4.74 Å². The summed E-state index contributed by atoms with van der Waals surface area (Å²) in [5.41, 5.74) is 1.33. The molecule has 1 aromatic carbocycles. The van der Waals surface area contributed by atoms with E-state index in [0.29, 0.717) is 24.9 Å². The van der Waals surface area contributed by atoms with Gasteiger partial charge in [0.05, 0.1) is 0 Å². The Morgan fingerprint density at radius 3 is 2.50 bits per heavy atom. The predicted molar refractivity (Wildman–Crippen MR) is 87.3 cm³/mol. The highest BCUT2D eigenvalue weighted by atomic mass is 16.6. The van der Waals surface area contributed by atoms with E-state index >= 15 is 0 Å². The average Bonchev–Trinajstić information content (AvgIpc) is 2.42. The van der Waals surface area contributed by atoms with Gasteiger partial charge in [0.2, 0.25) is 0 Å². The Hall–Kier alpha value is -1.91. The summed E-state index contributed by atoms with van der Waals surface area (Å²) in [5.74, 6) is 0.302. The summed E-state index contributed by atoms with van der Waals surface area (Å²) in [5, 5.41) is 13.2. The molecule has 1 aliphatic heterocycles. The number of hydrogen-bond donors (Lipinski definition) is 2. The van der Waals surface area contributed by atoms with Crippen molar-refractivity contribution in [3.63, 3.8) is 0 Å². The van der Waals surface area contributed by atoms with E-state index in [0.717, 1.165) is 24.1 Å². The van der Waals surface area contributed by atoms with Crippen molar-refractivity contribution in [1.29, 1.82) is 0 Å². The highest BCUT2D eigenvalue weighted by molar-refractivity contribution is 5.68. The van der Waals surface area contributed by atoms with E-state index < -0.39 is 5.60 Å². The highest BCUT2D eigenvalue weighted by Crippen LogP contribution is 2.24. The van der Waals surface area contributed by atoms with Gasteiger partial charge >= 0.3 is 6.09 Å². The van der Waals surface area contributed by atoms with Crippen molar-refractivity contribution in [3.8, 4) is 5.75 Å². The van der Waals surface area contributed by atoms with Crippen LogP contribution in [0.15, 0.2) is 18.2 Å². The zero-order valence-corrected chi connectivity index (χ0v) is 13.8. The third-order valence-corrected chi connectivity index (χ3v) is 3.73. The van der Waals surface area contributed by atoms with Crippen LogP contribution < -0.4 is 5.32 Å². The number of aryl methyl sites for hydroxylation is 1. The predicted octanol–water partition coefficient (Wildman–Crippen LogP) is 3.51. The normalized spacial score (nSPS) is 16.5. The van der Waals surface area contributed by atoms with Crippen molar-refractivity contribution in [2.24, 2.45) is 0 Å². The Balaban J connectivity index is 1.84. The molecule has 5 nitrogen and oxygen atoms in total. The van der Waals surface area contributed by atoms with Crippen LogP contribution in [0.25, 0.3) is 0 Å². The fourth-order valence-electron chi connectivity index (χ4n) is 2.47. The maximum atomic E-state index is 12.0. The van der Waals surface area contributed by atoms with Crippen LogP contribution in [0.1, 0.15) is 39.2 Å². The number of rotatable bonds is 2. The van der Waals surface area contributed by atoms with Gasteiger partial charge in [-0.3, -0.25) is 0 Å². The highest BCUT2D eigenvalue weighted by Gasteiger charge is 2.26. The van der Waals surface area contributed by atoms with Crippen molar-refractivity contribution in [2.45, 2.75) is 52.2 Å². The van der Waals surface area contributed by atoms with Gasteiger partial charge in [0.15, 0.2) is 0 Å². The summed E-state index contributed by atoms with van der Waals surface area (Å²) < 4.78 is 5.39. The molecule has 0 bridgehead atoms. The van der Waals surface area contributed by atoms with E-state index in [2.05, 4.69) is 5.32 Å². The van der Waals surface area contributed by atoms with Gasteiger partial charge < -0.3 is 20.1 Å². The molecule has 1 amide bonds. The molecule has 1 saturated heterocycles. The molecule has 122 valence electrons. The Morgan fingerprint density at radius 1 is 1.32 bits per heavy atom. The summed E-state index contributed by atoms with van der Waals surface area (Å²) in [6.45, 7) is 8.88. The van der Waals surface area contributed by atoms with Crippen LogP contribution in [0.5, 0.6) is 5.75 Å². The summed E-state index contributed by atoms with van der Waals surface area (Å²) in [6.07, 6.45) is 1.50. The first kappa shape index (κ1) is 16.5. The largest absolute Gasteiger partial charge is 0.508 e. The lowest BCUT2D eigenvalue weighted by molar-refractivity contribution is 0.0210. The number of piperidine rings is 1. The first-order chi connectivity index (χ1) is 10.2. The molecule has 1 heterocycles. The third kappa shape index (κ3) is 4.55. The second kappa shape index (κ2) is 6.46. The monoisotopic (exact) mass is 306 g/mol. The third-order valence-electron chi connectivity index (χ3n) is 3.73. The zero-order chi connectivity index (χ0) is 16.3. The van der Waals surface area contributed by atoms with E-state index in [-0.39, 0.29) is 6.09 Å². The number of hydrogen-bond acceptors (Lipinski definition) is 4. The lowest BCUT2D eigenvalue weighted by Crippen LogP contribution is -2.44. The number of nitrogens with one attached hydrogen (secondary N) is 1. The number of likely N-dealkylation sites (tertiary alicyclic amines) is 1. The number of benzene rings is 1. The van der Waals surface area contributed by atoms with Crippen LogP contribution in [-0.2, 0) is 4.74 Å². The molecule has 0 spiro atoms. The number of phenolic OH excluding ortho intramolecular Hbond substituents is 1. The molecule has 22 heavy (non-hydrogen) atoms. The standard InChI is InChI=1S/C17H26N2O3/c1-12-5-6-14(11-15(12)20)18-13-7-9-19(10-8-13)16(21)22-17(2,3)4/h5-6,11,13,18,20H,7-10H2,1-4H3. The minimum atomic E-state index is -0.453. The van der Waals surface area contributed by atoms with Crippen LogP contribution in [0.3, 0.4) is 0 Å². The van der Waals surface area contributed by atoms with Crippen LogP contribution in [-0.4, -0.2) is 40.8 Å². The summed E-state index contributed by atoms with van der Waals surface area (Å²) >= 11 is 0. The van der Waals surface area contributed by atoms with E-state index in [1.54, 1.807) is 11.0 Å². The maximum absolute atomic E-state index is 12.0. The molecular formula is C17H26N2O3. The van der Waals surface area contributed by atoms with Crippen molar-refractivity contribution in [1.82, 2.24) is 4.90 Å². The smallest absolute Gasteiger partial charge is 0.410 e. The van der Waals surface area contributed by atoms with Crippen LogP contribution in [0, 0.1) is 6.92 Å². The van der Waals surface area contributed by atoms with E-state index in [9.17, 15) is 9.90 Å². The fourth-order valence-corrected chi connectivity index (χ4v) is 2.47. The molecule has 5 heteroatoms. The Labute approximate surface area is 132 Å². The van der Waals surface area contributed by atoms with E-state index in [1.165, 1.54) is 0 Å². The minimum Gasteiger partial charge on any atom is -0.508 e. The first-order valence-electron chi connectivity index (χ1n) is 7.79. The molecule has 0 aliphatic carbocycles. The lowest BCUT2D eigenvalue weighted by atomic mass is 10.0. The molecule has 2 N–H and O–H groups in total. The number of phenols is 1. The van der Waals surface area contributed by atoms with Crippen LogP contribution in [0.4, 0.5) is 10.5 Å². The number of aromatic hydroxyl groups is 1. The topological polar surface area (TPSA) is 61.8 Å². The Kier molecular flexibility index (Phi) is 4.84. The lowest BCUT2D eigenvalue weighted by Gasteiger charge is -2.34. The molecule has 0 aromatic heterocycles. The molecule has 0 radical (unpaired) electrons. The van der Waals surface area contributed by atoms with Gasteiger partial charge in [-0.05, 0) is 52.2 Å². The Morgan fingerprint density at radius 2 is 1.95 bits per heavy atom. The summed E-state index contributed by atoms with van der Waals surface area (Å²) in [4.78, 5) is 13.8. The Bertz CT molecular complexity index is 529. The van der Waals surface area contributed by atoms with Crippen molar-refractivity contribution in [2.75, 3.05) is 18.4 Å². The van der Waals surface area contributed by atoms with E-state index in [1.807, 2.05) is 39.8 Å². The van der Waals surface area contributed by atoms with Gasteiger partial charge in [0, 0.05) is 30.9 Å². The second-order valence-corrected chi connectivity index (χ2v) is 6.89. The zero-order valence-electron chi connectivity index (χ0n) is 13.8. The summed E-state index contributed by atoms with van der Waals surface area (Å²) in [6, 6.07) is 5.92. The maximum Gasteiger partial charge on any atom is 0.410 e. The fraction of sp³-hybridized carbons (Fsp3) is 0.588. The quantitative estimate of drug-likeness (QED) is 0.877. The number of ether oxygens (including phenoxy) is 1. The molecule has 0 atom stereocenters. The van der Waals surface area contributed by atoms with Gasteiger partial charge in [-0.15, -0.1) is 0 Å². The molecule has 0 saturated carbocycles. The second-order valence-electron chi connectivity index (χ2n) is 6.89. The molecule has 1 aromatic rings. The van der Waals surface area contributed by atoms with Crippen LogP contribution in [0.2, 0.25) is 0 Å². The van der Waals surface area contributed by atoms with Gasteiger partial charge in [-0.2, -0.15) is 0 Å². The van der Waals surface area contributed by atoms with Gasteiger partial charge in [-0.25, -0.2) is 4.79 Å². The number of amides is 1. The molecule has 0 unspecified atom stereocenters. The number of carbonyl (C=O) groups excluding carboxylic acids is 1. The SMILES string of the molecule is Cc1ccc(NC2CCN(C(=O)OC(C)(C)C)CC2)cc1O. The van der Waals surface area contributed by atoms with Crippen molar-refractivity contribution < 1.29 is 14.6 Å². The molecule has 2 rings (SSSR count). The van der Waals surface area contributed by atoms with Gasteiger partial charge in [-0.1, -0.05) is 6.07 Å². The van der Waals surface area contributed by atoms with Gasteiger partial charge in [0.1, 0.15) is 11.4 Å². The van der Waals surface area contributed by atoms with Gasteiger partial charge in [0.25, 0.3) is 0 Å². The molecule has 1 fully saturated rings. The number of nitrogens with zero attached hydrogens (tertiary/aromatic N) is 1. The minimum absolute atomic E-state index is 0.237. The summed E-state index contributed by atoms with van der Waals surface area (Å²) in [7, 11) is 0. The average molecular weight is 306 g/mol. The first-order valence-corrected chi connectivity index (χ1v) is 7.79. The number of anilines is 1. The van der Waals surface area contributed by atoms with Crippen LogP contribution >= 0.6 is 0 Å². The van der Waals surface area contributed by atoms with Crippen molar-refractivity contribution >= 4 is 11.8 Å². The molecule has 1 aliphatic rings. The number of carbonyl (C=O) groups is 1.